The van der Waals surface area contributed by atoms with Gasteiger partial charge in [-0.2, -0.15) is 0 Å². The Balaban J connectivity index is 0. The lowest BCUT2D eigenvalue weighted by molar-refractivity contribution is 0.293. The van der Waals surface area contributed by atoms with Crippen molar-refractivity contribution < 1.29 is 6.16 Å². The molecule has 0 aromatic rings. The Hall–Kier alpha value is -0.760. The van der Waals surface area contributed by atoms with Crippen LogP contribution in [0.25, 0.3) is 0 Å². The Labute approximate surface area is 70.4 Å². The van der Waals surface area contributed by atoms with Gasteiger partial charge in [-0.1, -0.05) is 6.58 Å². The highest BCUT2D eigenvalue weighted by atomic mass is 16.5. The predicted octanol–water partition coefficient (Wildman–Crippen LogP) is 2.30. The van der Waals surface area contributed by atoms with Crippen LogP contribution in [0.3, 0.4) is 0 Å². The number of hydrogen-bond donors (Lipinski definition) is 1. The van der Waals surface area contributed by atoms with Crippen molar-refractivity contribution in [2.24, 2.45) is 0 Å². The van der Waals surface area contributed by atoms with Gasteiger partial charge in [0.05, 0.1) is 11.5 Å². The number of rotatable bonds is 5. The Bertz CT molecular complexity index is 155. The first-order valence-electron chi connectivity index (χ1n) is 3.83. The summed E-state index contributed by atoms with van der Waals surface area (Å²) in [6, 6.07) is 0. The molecule has 0 atom stereocenters. The van der Waals surface area contributed by atoms with E-state index >= 15 is 0 Å². The standard InChI is InChI=1S/C9H17NO.H2/c1-5-8(2)11-9(3)6-7-10-4;/h5,10H,3,6-7H2,1-2,4H3;1H/b8-5-;. The Kier molecular flexibility index (Phi) is 5.57. The summed E-state index contributed by atoms with van der Waals surface area (Å²) in [4.78, 5) is 0. The summed E-state index contributed by atoms with van der Waals surface area (Å²) in [5.74, 6) is 1.72. The summed E-state index contributed by atoms with van der Waals surface area (Å²) >= 11 is 0. The van der Waals surface area contributed by atoms with Gasteiger partial charge in [-0.05, 0) is 27.0 Å². The van der Waals surface area contributed by atoms with Crippen LogP contribution >= 0.6 is 0 Å². The molecule has 0 unspecified atom stereocenters. The van der Waals surface area contributed by atoms with E-state index < -0.39 is 0 Å². The molecule has 0 amide bonds. The van der Waals surface area contributed by atoms with E-state index in [0.29, 0.717) is 0 Å². The minimum atomic E-state index is 0. The van der Waals surface area contributed by atoms with Crippen LogP contribution in [0.15, 0.2) is 24.2 Å². The molecular formula is C9H19NO. The number of allylic oxidation sites excluding steroid dienone is 2. The third kappa shape index (κ3) is 5.67. The topological polar surface area (TPSA) is 21.3 Å². The van der Waals surface area contributed by atoms with Crippen molar-refractivity contribution in [2.75, 3.05) is 13.6 Å². The van der Waals surface area contributed by atoms with Gasteiger partial charge in [0.1, 0.15) is 0 Å². The molecule has 2 nitrogen and oxygen atoms in total. The molecule has 0 spiro atoms. The van der Waals surface area contributed by atoms with Gasteiger partial charge in [0.15, 0.2) is 0 Å². The molecule has 0 radical (unpaired) electrons. The van der Waals surface area contributed by atoms with Crippen molar-refractivity contribution in [1.82, 2.24) is 5.32 Å². The second-order valence-electron chi connectivity index (χ2n) is 2.39. The minimum absolute atomic E-state index is 0. The molecule has 0 aliphatic carbocycles. The molecule has 0 heterocycles. The van der Waals surface area contributed by atoms with Crippen molar-refractivity contribution in [3.8, 4) is 0 Å². The highest BCUT2D eigenvalue weighted by Crippen LogP contribution is 2.05. The first kappa shape index (κ1) is 10.2. The second kappa shape index (κ2) is 5.98. The summed E-state index contributed by atoms with van der Waals surface area (Å²) in [6.07, 6.45) is 2.78. The molecule has 0 fully saturated rings. The quantitative estimate of drug-likeness (QED) is 0.618. The lowest BCUT2D eigenvalue weighted by Crippen LogP contribution is -2.08. The van der Waals surface area contributed by atoms with Gasteiger partial charge >= 0.3 is 0 Å². The molecule has 2 heteroatoms. The fourth-order valence-electron chi connectivity index (χ4n) is 0.602. The molecule has 0 aromatic heterocycles. The van der Waals surface area contributed by atoms with Gasteiger partial charge in [-0.3, -0.25) is 0 Å². The molecule has 1 N–H and O–H groups in total. The van der Waals surface area contributed by atoms with Gasteiger partial charge in [0.25, 0.3) is 0 Å². The van der Waals surface area contributed by atoms with Crippen LogP contribution in [0.2, 0.25) is 0 Å². The van der Waals surface area contributed by atoms with Crippen molar-refractivity contribution in [3.05, 3.63) is 24.2 Å². The van der Waals surface area contributed by atoms with Crippen molar-refractivity contribution >= 4 is 0 Å². The SMILES string of the molecule is C=C(CCNC)O/C(C)=C\C.[HH]. The molecule has 0 aliphatic rings. The zero-order valence-electron chi connectivity index (χ0n) is 7.61. The molecule has 0 bridgehead atoms. The van der Waals surface area contributed by atoms with Gasteiger partial charge in [-0.15, -0.1) is 0 Å². The molecule has 0 aromatic carbocycles. The smallest absolute Gasteiger partial charge is 0.0976 e. The van der Waals surface area contributed by atoms with Crippen molar-refractivity contribution in [3.63, 3.8) is 0 Å². The Morgan fingerprint density at radius 1 is 1.73 bits per heavy atom. The van der Waals surface area contributed by atoms with Crippen molar-refractivity contribution in [1.29, 1.82) is 0 Å². The predicted molar refractivity (Wildman–Crippen MR) is 50.3 cm³/mol. The summed E-state index contributed by atoms with van der Waals surface area (Å²) in [7, 11) is 1.91. The molecule has 0 rings (SSSR count). The van der Waals surface area contributed by atoms with Gasteiger partial charge in [0, 0.05) is 14.4 Å². The molecule has 0 saturated carbocycles. The maximum absolute atomic E-state index is 5.33. The lowest BCUT2D eigenvalue weighted by atomic mass is 10.4. The van der Waals surface area contributed by atoms with Crippen LogP contribution in [-0.2, 0) is 4.74 Å². The summed E-state index contributed by atoms with van der Waals surface area (Å²) in [5, 5.41) is 3.03. The molecular weight excluding hydrogens is 138 g/mol. The zero-order valence-corrected chi connectivity index (χ0v) is 7.61. The largest absolute Gasteiger partial charge is 0.467 e. The molecule has 66 valence electrons. The van der Waals surface area contributed by atoms with E-state index in [9.17, 15) is 0 Å². The Morgan fingerprint density at radius 3 is 2.82 bits per heavy atom. The number of ether oxygens (including phenoxy) is 1. The summed E-state index contributed by atoms with van der Waals surface area (Å²) < 4.78 is 5.33. The molecule has 0 saturated heterocycles. The van der Waals surface area contributed by atoms with Crippen LogP contribution in [0.4, 0.5) is 0 Å². The summed E-state index contributed by atoms with van der Waals surface area (Å²) in [6.45, 7) is 8.56. The highest BCUT2D eigenvalue weighted by Gasteiger charge is 1.94. The number of hydrogen-bond acceptors (Lipinski definition) is 2. The maximum atomic E-state index is 5.33. The van der Waals surface area contributed by atoms with E-state index in [2.05, 4.69) is 11.9 Å². The summed E-state index contributed by atoms with van der Waals surface area (Å²) in [5.41, 5.74) is 0. The van der Waals surface area contributed by atoms with Gasteiger partial charge in [0.2, 0.25) is 0 Å². The van der Waals surface area contributed by atoms with E-state index in [4.69, 9.17) is 4.74 Å². The van der Waals surface area contributed by atoms with E-state index in [1.165, 1.54) is 0 Å². The third-order valence-electron chi connectivity index (χ3n) is 1.37. The monoisotopic (exact) mass is 157 g/mol. The lowest BCUT2D eigenvalue weighted by Gasteiger charge is -2.07. The van der Waals surface area contributed by atoms with Gasteiger partial charge in [-0.25, -0.2) is 0 Å². The van der Waals surface area contributed by atoms with Crippen LogP contribution in [-0.4, -0.2) is 13.6 Å². The van der Waals surface area contributed by atoms with E-state index in [1.54, 1.807) is 0 Å². The van der Waals surface area contributed by atoms with Gasteiger partial charge < -0.3 is 10.1 Å². The highest BCUT2D eigenvalue weighted by molar-refractivity contribution is 4.94. The second-order valence-corrected chi connectivity index (χ2v) is 2.39. The van der Waals surface area contributed by atoms with Crippen LogP contribution in [0.5, 0.6) is 0 Å². The fourth-order valence-corrected chi connectivity index (χ4v) is 0.602. The third-order valence-corrected chi connectivity index (χ3v) is 1.37. The Morgan fingerprint density at radius 2 is 2.36 bits per heavy atom. The molecule has 11 heavy (non-hydrogen) atoms. The molecule has 0 aliphatic heterocycles. The van der Waals surface area contributed by atoms with E-state index in [-0.39, 0.29) is 1.43 Å². The van der Waals surface area contributed by atoms with E-state index in [1.807, 2.05) is 27.0 Å². The average molecular weight is 157 g/mol. The van der Waals surface area contributed by atoms with E-state index in [0.717, 1.165) is 24.5 Å². The number of nitrogens with one attached hydrogen (secondary N) is 1. The first-order valence-corrected chi connectivity index (χ1v) is 3.83. The van der Waals surface area contributed by atoms with Crippen molar-refractivity contribution in [2.45, 2.75) is 20.3 Å². The van der Waals surface area contributed by atoms with Crippen LogP contribution < -0.4 is 5.32 Å². The van der Waals surface area contributed by atoms with Crippen LogP contribution in [0.1, 0.15) is 21.7 Å². The van der Waals surface area contributed by atoms with Crippen LogP contribution in [0, 0.1) is 0 Å². The normalized spacial score (nSPS) is 11.4. The fraction of sp³-hybridized carbons (Fsp3) is 0.556. The maximum Gasteiger partial charge on any atom is 0.0976 e. The average Bonchev–Trinajstić information content (AvgIpc) is 2.00. The first-order chi connectivity index (χ1) is 5.20. The minimum Gasteiger partial charge on any atom is -0.467 e. The zero-order chi connectivity index (χ0) is 8.69.